The lowest BCUT2D eigenvalue weighted by Gasteiger charge is -2.18. The summed E-state index contributed by atoms with van der Waals surface area (Å²) >= 11 is 17.5. The molecule has 4 nitrogen and oxygen atoms in total. The molecular weight excluding hydrogens is 545 g/mol. The van der Waals surface area contributed by atoms with Gasteiger partial charge in [0.2, 0.25) is 5.91 Å². The number of hydrogen-bond acceptors (Lipinski definition) is 2. The number of amides is 2. The number of aryl methyl sites for hydroxylation is 1. The molecule has 2 aromatic rings. The number of benzene rings is 2. The average molecular weight is 562 g/mol. The Balaban J connectivity index is 2.15. The van der Waals surface area contributed by atoms with E-state index in [4.69, 9.17) is 34.8 Å². The lowest BCUT2D eigenvalue weighted by Crippen LogP contribution is -2.41. The normalized spacial score (nSPS) is 13.1. The molecule has 1 unspecified atom stereocenters. The second kappa shape index (κ2) is 11.5. The molecule has 0 aliphatic rings. The zero-order valence-electron chi connectivity index (χ0n) is 17.8. The van der Waals surface area contributed by atoms with Crippen molar-refractivity contribution in [3.63, 3.8) is 0 Å². The number of allylic oxidation sites excluding steroid dienone is 1. The maximum absolute atomic E-state index is 13.7. The van der Waals surface area contributed by atoms with Gasteiger partial charge in [0.25, 0.3) is 5.91 Å². The van der Waals surface area contributed by atoms with Crippen molar-refractivity contribution >= 4 is 52.7 Å². The number of carbonyl (C=O) groups is 2. The van der Waals surface area contributed by atoms with Gasteiger partial charge in [0.1, 0.15) is 6.54 Å². The van der Waals surface area contributed by atoms with Gasteiger partial charge in [-0.15, -0.1) is 0 Å². The fourth-order valence-electron chi connectivity index (χ4n) is 2.93. The van der Waals surface area contributed by atoms with Crippen LogP contribution >= 0.6 is 34.8 Å². The quantitative estimate of drug-likeness (QED) is 0.291. The molecular formula is C22H17Cl3F6N2O2. The minimum absolute atomic E-state index is 0.0655. The highest BCUT2D eigenvalue weighted by Gasteiger charge is 2.39. The van der Waals surface area contributed by atoms with E-state index in [1.54, 1.807) is 5.32 Å². The van der Waals surface area contributed by atoms with E-state index in [2.05, 4.69) is 5.32 Å². The second-order valence-corrected chi connectivity index (χ2v) is 8.52. The van der Waals surface area contributed by atoms with Crippen LogP contribution in [0.25, 0.3) is 6.08 Å². The van der Waals surface area contributed by atoms with Crippen LogP contribution in [0.2, 0.25) is 15.1 Å². The molecule has 0 aromatic heterocycles. The number of nitrogens with one attached hydrogen (secondary N) is 2. The Hall–Kier alpha value is -2.43. The van der Waals surface area contributed by atoms with Gasteiger partial charge in [-0.2, -0.15) is 26.3 Å². The summed E-state index contributed by atoms with van der Waals surface area (Å²) in [5.41, 5.74) is 0.572. The van der Waals surface area contributed by atoms with Crippen LogP contribution in [0.15, 0.2) is 36.4 Å². The summed E-state index contributed by atoms with van der Waals surface area (Å²) in [6.07, 6.45) is -7.15. The number of alkyl halides is 6. The third-order valence-corrected chi connectivity index (χ3v) is 5.79. The maximum Gasteiger partial charge on any atom is 0.405 e. The summed E-state index contributed by atoms with van der Waals surface area (Å²) in [6.45, 7) is -0.708. The Morgan fingerprint density at radius 2 is 1.57 bits per heavy atom. The minimum atomic E-state index is -4.67. The molecule has 0 saturated carbocycles. The standard InChI is InChI=1S/C22H17Cl3F6N2O2/c1-11-6-12(2-4-14(11)20(35)32-9-18(34)33-10-21(26,27)28)3-5-15(22(29,30)31)13-7-16(23)19(25)17(24)8-13/h2-8,15H,9-10H2,1H3,(H,32,35)(H,33,34)/b5-3+. The molecule has 2 aromatic carbocycles. The smallest absolute Gasteiger partial charge is 0.345 e. The lowest BCUT2D eigenvalue weighted by molar-refractivity contribution is -0.139. The largest absolute Gasteiger partial charge is 0.405 e. The number of carbonyl (C=O) groups excluding carboxylic acids is 2. The van der Waals surface area contributed by atoms with Crippen molar-refractivity contribution in [2.24, 2.45) is 0 Å². The van der Waals surface area contributed by atoms with Crippen LogP contribution in [0.3, 0.4) is 0 Å². The average Bonchev–Trinajstić information content (AvgIpc) is 2.73. The van der Waals surface area contributed by atoms with Crippen LogP contribution in [-0.4, -0.2) is 37.3 Å². The molecule has 190 valence electrons. The van der Waals surface area contributed by atoms with E-state index in [0.29, 0.717) is 11.1 Å². The van der Waals surface area contributed by atoms with Crippen LogP contribution in [0.4, 0.5) is 26.3 Å². The highest BCUT2D eigenvalue weighted by atomic mass is 35.5. The Bertz CT molecular complexity index is 1110. The van der Waals surface area contributed by atoms with E-state index < -0.39 is 43.2 Å². The van der Waals surface area contributed by atoms with Crippen LogP contribution < -0.4 is 10.6 Å². The molecule has 2 N–H and O–H groups in total. The molecule has 0 bridgehead atoms. The number of halogens is 9. The van der Waals surface area contributed by atoms with Crippen molar-refractivity contribution in [1.29, 1.82) is 0 Å². The zero-order chi connectivity index (χ0) is 26.6. The van der Waals surface area contributed by atoms with Crippen molar-refractivity contribution in [3.8, 4) is 0 Å². The Morgan fingerprint density at radius 3 is 2.09 bits per heavy atom. The SMILES string of the molecule is Cc1cc(/C=C/C(c2cc(Cl)c(Cl)c(Cl)c2)C(F)(F)F)ccc1C(=O)NCC(=O)NCC(F)(F)F. The first kappa shape index (κ1) is 28.8. The zero-order valence-corrected chi connectivity index (χ0v) is 20.0. The van der Waals surface area contributed by atoms with E-state index in [-0.39, 0.29) is 26.2 Å². The van der Waals surface area contributed by atoms with Crippen molar-refractivity contribution in [1.82, 2.24) is 10.6 Å². The van der Waals surface area contributed by atoms with Crippen LogP contribution in [0, 0.1) is 6.92 Å². The molecule has 0 heterocycles. The van der Waals surface area contributed by atoms with Crippen molar-refractivity contribution in [2.45, 2.75) is 25.2 Å². The fraction of sp³-hybridized carbons (Fsp3) is 0.273. The predicted octanol–water partition coefficient (Wildman–Crippen LogP) is 6.72. The van der Waals surface area contributed by atoms with Gasteiger partial charge in [-0.25, -0.2) is 0 Å². The first-order valence-corrected chi connectivity index (χ1v) is 10.8. The monoisotopic (exact) mass is 560 g/mol. The van der Waals surface area contributed by atoms with E-state index in [0.717, 1.165) is 18.2 Å². The summed E-state index contributed by atoms with van der Waals surface area (Å²) in [4.78, 5) is 23.7. The molecule has 0 spiro atoms. The molecule has 0 saturated heterocycles. The topological polar surface area (TPSA) is 58.2 Å². The van der Waals surface area contributed by atoms with Gasteiger partial charge < -0.3 is 10.6 Å². The Morgan fingerprint density at radius 1 is 0.971 bits per heavy atom. The third kappa shape index (κ3) is 8.63. The van der Waals surface area contributed by atoms with E-state index >= 15 is 0 Å². The number of rotatable bonds is 7. The Labute approximate surface area is 211 Å². The van der Waals surface area contributed by atoms with Gasteiger partial charge in [-0.3, -0.25) is 9.59 Å². The minimum Gasteiger partial charge on any atom is -0.345 e. The molecule has 0 fully saturated rings. The molecule has 35 heavy (non-hydrogen) atoms. The first-order chi connectivity index (χ1) is 16.1. The molecule has 13 heteroatoms. The fourth-order valence-corrected chi connectivity index (χ4v) is 3.55. The first-order valence-electron chi connectivity index (χ1n) is 9.70. The molecule has 0 aliphatic heterocycles. The molecule has 0 aliphatic carbocycles. The summed E-state index contributed by atoms with van der Waals surface area (Å²) in [5.74, 6) is -3.82. The Kier molecular flexibility index (Phi) is 9.49. The highest BCUT2D eigenvalue weighted by molar-refractivity contribution is 6.48. The van der Waals surface area contributed by atoms with Gasteiger partial charge >= 0.3 is 12.4 Å². The van der Waals surface area contributed by atoms with Crippen LogP contribution in [-0.2, 0) is 4.79 Å². The van der Waals surface area contributed by atoms with Gasteiger partial charge in [0.15, 0.2) is 0 Å². The summed E-state index contributed by atoms with van der Waals surface area (Å²) < 4.78 is 77.3. The van der Waals surface area contributed by atoms with Crippen molar-refractivity contribution < 1.29 is 35.9 Å². The van der Waals surface area contributed by atoms with Gasteiger partial charge in [-0.05, 0) is 41.8 Å². The summed E-state index contributed by atoms with van der Waals surface area (Å²) in [5, 5.41) is 3.47. The lowest BCUT2D eigenvalue weighted by atomic mass is 9.96. The molecule has 0 radical (unpaired) electrons. The van der Waals surface area contributed by atoms with Gasteiger partial charge in [0.05, 0.1) is 27.5 Å². The second-order valence-electron chi connectivity index (χ2n) is 7.33. The van der Waals surface area contributed by atoms with Crippen LogP contribution in [0.1, 0.15) is 33.0 Å². The predicted molar refractivity (Wildman–Crippen MR) is 122 cm³/mol. The highest BCUT2D eigenvalue weighted by Crippen LogP contribution is 2.41. The van der Waals surface area contributed by atoms with E-state index in [1.165, 1.54) is 31.2 Å². The molecule has 2 amide bonds. The number of hydrogen-bond donors (Lipinski definition) is 2. The summed E-state index contributed by atoms with van der Waals surface area (Å²) in [6, 6.07) is 6.27. The van der Waals surface area contributed by atoms with Gasteiger partial charge in [0, 0.05) is 5.56 Å². The third-order valence-electron chi connectivity index (χ3n) is 4.59. The van der Waals surface area contributed by atoms with Crippen LogP contribution in [0.5, 0.6) is 0 Å². The maximum atomic E-state index is 13.7. The molecule has 2 rings (SSSR count). The van der Waals surface area contributed by atoms with Gasteiger partial charge in [-0.1, -0.05) is 59.1 Å². The molecule has 1 atom stereocenters. The van der Waals surface area contributed by atoms with E-state index in [1.807, 2.05) is 0 Å². The van der Waals surface area contributed by atoms with E-state index in [9.17, 15) is 35.9 Å². The van der Waals surface area contributed by atoms with Crippen molar-refractivity contribution in [3.05, 3.63) is 73.7 Å². The summed E-state index contributed by atoms with van der Waals surface area (Å²) in [7, 11) is 0. The van der Waals surface area contributed by atoms with Crippen molar-refractivity contribution in [2.75, 3.05) is 13.1 Å².